The number of phosphoric ester groups is 1. The number of allylic oxidation sites excluding steroid dienone is 2. The van der Waals surface area contributed by atoms with Crippen molar-refractivity contribution in [3.05, 3.63) is 12.2 Å². The summed E-state index contributed by atoms with van der Waals surface area (Å²) in [5.74, 6) is -0.765. The second kappa shape index (κ2) is 76.9. The van der Waals surface area contributed by atoms with Gasteiger partial charge in [-0.25, -0.2) is 4.57 Å². The molecule has 0 aliphatic carbocycles. The SMILES string of the molecule is CCCCCCCCCC/C=C\CCCCCCCCCCCCCCCCCCCCCCCCCCCC(=O)OC(COC(=O)CCCCCCCCCCCCCCCCCCCCCCCCCCCCCCCCCCCC)COP(=O)(O)OCC[N+](C)(C)C. The summed E-state index contributed by atoms with van der Waals surface area (Å²) in [5.41, 5.74) is 0. The Morgan fingerprint density at radius 2 is 0.537 bits per heavy atom. The molecule has 9 nitrogen and oxygen atoms in total. The molecule has 95 heavy (non-hydrogen) atoms. The molecule has 0 bridgehead atoms. The van der Waals surface area contributed by atoms with Gasteiger partial charge in [0.2, 0.25) is 0 Å². The van der Waals surface area contributed by atoms with Gasteiger partial charge in [-0.15, -0.1) is 0 Å². The van der Waals surface area contributed by atoms with E-state index in [1.54, 1.807) is 0 Å². The summed E-state index contributed by atoms with van der Waals surface area (Å²) in [7, 11) is 1.51. The largest absolute Gasteiger partial charge is 0.472 e. The topological polar surface area (TPSA) is 108 Å². The number of esters is 2. The Morgan fingerprint density at radius 1 is 0.316 bits per heavy atom. The fourth-order valence-electron chi connectivity index (χ4n) is 13.5. The van der Waals surface area contributed by atoms with Crippen LogP contribution in [0.2, 0.25) is 0 Å². The lowest BCUT2D eigenvalue weighted by Crippen LogP contribution is -2.37. The number of nitrogens with zero attached hydrogens (tertiary/aromatic N) is 1. The molecule has 2 unspecified atom stereocenters. The molecular weight excluding hydrogens is 1190 g/mol. The lowest BCUT2D eigenvalue weighted by atomic mass is 10.0. The van der Waals surface area contributed by atoms with Crippen LogP contribution in [0, 0.1) is 0 Å². The first kappa shape index (κ1) is 93.8. The van der Waals surface area contributed by atoms with Gasteiger partial charge < -0.3 is 18.9 Å². The fraction of sp³-hybridized carbons (Fsp3) is 0.953. The van der Waals surface area contributed by atoms with Crippen molar-refractivity contribution in [2.45, 2.75) is 476 Å². The average molecular weight is 1360 g/mol. The van der Waals surface area contributed by atoms with Crippen molar-refractivity contribution in [1.82, 2.24) is 0 Å². The number of hydrogen-bond donors (Lipinski definition) is 1. The smallest absolute Gasteiger partial charge is 0.462 e. The van der Waals surface area contributed by atoms with Gasteiger partial charge >= 0.3 is 19.8 Å². The number of carbonyl (C=O) groups is 2. The van der Waals surface area contributed by atoms with E-state index >= 15 is 0 Å². The minimum Gasteiger partial charge on any atom is -0.462 e. The van der Waals surface area contributed by atoms with Crippen molar-refractivity contribution in [1.29, 1.82) is 0 Å². The van der Waals surface area contributed by atoms with E-state index in [0.29, 0.717) is 17.4 Å². The number of carbonyl (C=O) groups excluding carboxylic acids is 2. The molecule has 0 aromatic carbocycles. The van der Waals surface area contributed by atoms with Crippen molar-refractivity contribution in [3.63, 3.8) is 0 Å². The quantitative estimate of drug-likeness (QED) is 0.0211. The van der Waals surface area contributed by atoms with E-state index < -0.39 is 26.5 Å². The maximum Gasteiger partial charge on any atom is 0.472 e. The second-order valence-electron chi connectivity index (χ2n) is 30.9. The van der Waals surface area contributed by atoms with E-state index in [1.165, 1.54) is 405 Å². The standard InChI is InChI=1S/C85H168NO8P/c1-6-8-10-12-14-16-18-20-22-24-26-28-30-32-34-36-38-40-42-43-44-46-48-50-52-54-56-58-60-62-64-66-68-70-72-74-76-78-85(88)94-83(82-93-95(89,90)92-80-79-86(3,4)5)81-91-84(87)77-75-73-71-69-67-65-63-61-59-57-55-53-51-49-47-45-41-39-37-35-33-31-29-27-25-23-21-19-17-15-13-11-9-7-2/h24,26,83H,6-23,25,27-82H2,1-5H3/p+1/b26-24-. The number of phosphoric acid groups is 1. The highest BCUT2D eigenvalue weighted by Gasteiger charge is 2.27. The van der Waals surface area contributed by atoms with E-state index in [1.807, 2.05) is 21.1 Å². The molecule has 2 atom stereocenters. The molecule has 0 saturated carbocycles. The van der Waals surface area contributed by atoms with Crippen molar-refractivity contribution < 1.29 is 42.1 Å². The number of quaternary nitrogens is 1. The third-order valence-electron chi connectivity index (χ3n) is 20.0. The molecule has 1 N–H and O–H groups in total. The molecule has 0 amide bonds. The van der Waals surface area contributed by atoms with Crippen LogP contribution in [-0.2, 0) is 32.7 Å². The van der Waals surface area contributed by atoms with Crippen LogP contribution >= 0.6 is 7.82 Å². The molecule has 10 heteroatoms. The number of likely N-dealkylation sites (N-methyl/N-ethyl adjacent to an activating group) is 1. The third kappa shape index (κ3) is 81.6. The molecule has 566 valence electrons. The van der Waals surface area contributed by atoms with Crippen LogP contribution < -0.4 is 0 Å². The van der Waals surface area contributed by atoms with E-state index in [2.05, 4.69) is 26.0 Å². The maximum absolute atomic E-state index is 12.9. The van der Waals surface area contributed by atoms with Gasteiger partial charge in [0.15, 0.2) is 6.10 Å². The van der Waals surface area contributed by atoms with E-state index in [9.17, 15) is 19.0 Å². The predicted octanol–water partition coefficient (Wildman–Crippen LogP) is 28.6. The summed E-state index contributed by atoms with van der Waals surface area (Å²) in [4.78, 5) is 36.0. The van der Waals surface area contributed by atoms with Crippen LogP contribution in [0.15, 0.2) is 12.2 Å². The first-order chi connectivity index (χ1) is 46.5. The van der Waals surface area contributed by atoms with Gasteiger partial charge in [-0.2, -0.15) is 0 Å². The predicted molar refractivity (Wildman–Crippen MR) is 414 cm³/mol. The number of ether oxygens (including phenoxy) is 2. The first-order valence-electron chi connectivity index (χ1n) is 42.9. The molecule has 0 spiro atoms. The molecule has 0 radical (unpaired) electrons. The lowest BCUT2D eigenvalue weighted by Gasteiger charge is -2.24. The van der Waals surface area contributed by atoms with Gasteiger partial charge in [-0.05, 0) is 38.5 Å². The Bertz CT molecular complexity index is 1600. The normalized spacial score (nSPS) is 12.9. The highest BCUT2D eigenvalue weighted by Crippen LogP contribution is 2.43. The van der Waals surface area contributed by atoms with Gasteiger partial charge in [0.25, 0.3) is 0 Å². The molecular formula is C85H169NO8P+. The Kier molecular flexibility index (Phi) is 75.9. The fourth-order valence-corrected chi connectivity index (χ4v) is 14.2. The molecule has 0 aliphatic heterocycles. The van der Waals surface area contributed by atoms with Gasteiger partial charge in [0, 0.05) is 12.8 Å². The van der Waals surface area contributed by atoms with Gasteiger partial charge in [-0.1, -0.05) is 431 Å². The Balaban J connectivity index is 3.85. The maximum atomic E-state index is 12.9. The molecule has 0 rings (SSSR count). The summed E-state index contributed by atoms with van der Waals surface area (Å²) < 4.78 is 34.9. The van der Waals surface area contributed by atoms with E-state index in [0.717, 1.165) is 38.5 Å². The van der Waals surface area contributed by atoms with Crippen molar-refractivity contribution in [2.75, 3.05) is 47.5 Å². The number of hydrogen-bond acceptors (Lipinski definition) is 7. The molecule has 0 fully saturated rings. The highest BCUT2D eigenvalue weighted by molar-refractivity contribution is 7.47. The lowest BCUT2D eigenvalue weighted by molar-refractivity contribution is -0.870. The van der Waals surface area contributed by atoms with Crippen LogP contribution in [0.25, 0.3) is 0 Å². The van der Waals surface area contributed by atoms with Gasteiger partial charge in [-0.3, -0.25) is 18.6 Å². The van der Waals surface area contributed by atoms with Crippen LogP contribution in [0.5, 0.6) is 0 Å². The summed E-state index contributed by atoms with van der Waals surface area (Å²) in [5, 5.41) is 0. The van der Waals surface area contributed by atoms with E-state index in [4.69, 9.17) is 18.5 Å². The Morgan fingerprint density at radius 3 is 0.779 bits per heavy atom. The molecule has 0 aromatic heterocycles. The second-order valence-corrected chi connectivity index (χ2v) is 32.4. The van der Waals surface area contributed by atoms with Crippen LogP contribution in [0.4, 0.5) is 0 Å². The van der Waals surface area contributed by atoms with Gasteiger partial charge in [0.05, 0.1) is 27.7 Å². The summed E-state index contributed by atoms with van der Waals surface area (Å²) in [6.45, 7) is 4.54. The van der Waals surface area contributed by atoms with Crippen molar-refractivity contribution in [3.8, 4) is 0 Å². The van der Waals surface area contributed by atoms with E-state index in [-0.39, 0.29) is 25.6 Å². The summed E-state index contributed by atoms with van der Waals surface area (Å²) in [6, 6.07) is 0. The zero-order valence-corrected chi connectivity index (χ0v) is 65.9. The average Bonchev–Trinajstić information content (AvgIpc) is 1.80. The minimum atomic E-state index is -4.39. The third-order valence-corrected chi connectivity index (χ3v) is 21.0. The molecule has 0 heterocycles. The van der Waals surface area contributed by atoms with Gasteiger partial charge in [0.1, 0.15) is 19.8 Å². The zero-order chi connectivity index (χ0) is 69.0. The molecule has 0 aromatic rings. The molecule has 0 saturated heterocycles. The van der Waals surface area contributed by atoms with Crippen LogP contribution in [0.1, 0.15) is 470 Å². The summed E-state index contributed by atoms with van der Waals surface area (Å²) in [6.07, 6.45) is 98.3. The van der Waals surface area contributed by atoms with Crippen LogP contribution in [0.3, 0.4) is 0 Å². The zero-order valence-electron chi connectivity index (χ0n) is 65.0. The minimum absolute atomic E-state index is 0.0372. The van der Waals surface area contributed by atoms with Crippen molar-refractivity contribution >= 4 is 19.8 Å². The Labute approximate surface area is 594 Å². The van der Waals surface area contributed by atoms with Crippen molar-refractivity contribution in [2.24, 2.45) is 0 Å². The van der Waals surface area contributed by atoms with Crippen LogP contribution in [-0.4, -0.2) is 74.9 Å². The highest BCUT2D eigenvalue weighted by atomic mass is 31.2. The first-order valence-corrected chi connectivity index (χ1v) is 44.4. The monoisotopic (exact) mass is 1360 g/mol. The summed E-state index contributed by atoms with van der Waals surface area (Å²) >= 11 is 0. The Hall–Kier alpha value is -1.25. The number of rotatable bonds is 82. The molecule has 0 aliphatic rings. The number of unbranched alkanes of at least 4 members (excludes halogenated alkanes) is 66.